The van der Waals surface area contributed by atoms with Crippen LogP contribution in [0.3, 0.4) is 0 Å². The first-order valence-corrected chi connectivity index (χ1v) is 6.42. The summed E-state index contributed by atoms with van der Waals surface area (Å²) in [5.74, 6) is 2.11. The molecule has 0 aliphatic heterocycles. The van der Waals surface area contributed by atoms with Crippen LogP contribution in [0, 0.1) is 11.8 Å². The van der Waals surface area contributed by atoms with Gasteiger partial charge >= 0.3 is 0 Å². The summed E-state index contributed by atoms with van der Waals surface area (Å²) in [6, 6.07) is 6.16. The van der Waals surface area contributed by atoms with Crippen LogP contribution in [0.5, 0.6) is 0 Å². The maximum atomic E-state index is 5.93. The van der Waals surface area contributed by atoms with Crippen molar-refractivity contribution in [1.82, 2.24) is 4.98 Å². The van der Waals surface area contributed by atoms with Crippen molar-refractivity contribution < 1.29 is 0 Å². The van der Waals surface area contributed by atoms with E-state index in [2.05, 4.69) is 24.0 Å². The van der Waals surface area contributed by atoms with E-state index >= 15 is 0 Å². The van der Waals surface area contributed by atoms with Crippen LogP contribution in [-0.2, 0) is 0 Å². The lowest BCUT2D eigenvalue weighted by molar-refractivity contribution is 0.253. The normalized spacial score (nSPS) is 27.6. The van der Waals surface area contributed by atoms with Crippen molar-refractivity contribution in [1.29, 1.82) is 0 Å². The van der Waals surface area contributed by atoms with Crippen LogP contribution in [0.15, 0.2) is 24.4 Å². The van der Waals surface area contributed by atoms with Crippen LogP contribution in [0.25, 0.3) is 0 Å². The Bertz CT molecular complexity index is 302. The van der Waals surface area contributed by atoms with Gasteiger partial charge in [0.05, 0.1) is 0 Å². The van der Waals surface area contributed by atoms with E-state index in [0.717, 1.165) is 18.4 Å². The standard InChI is InChI=1S/C14H22N2/c1-11-5-7-12(8-6-11)13(10-15)14-4-2-3-9-16-14/h2-4,9,11-13H,5-8,10,15H2,1H3. The van der Waals surface area contributed by atoms with E-state index in [1.54, 1.807) is 0 Å². The molecule has 1 saturated carbocycles. The van der Waals surface area contributed by atoms with E-state index in [1.807, 2.05) is 12.3 Å². The van der Waals surface area contributed by atoms with E-state index < -0.39 is 0 Å². The summed E-state index contributed by atoms with van der Waals surface area (Å²) < 4.78 is 0. The zero-order chi connectivity index (χ0) is 11.4. The summed E-state index contributed by atoms with van der Waals surface area (Å²) in [4.78, 5) is 4.46. The lowest BCUT2D eigenvalue weighted by atomic mass is 9.75. The first-order valence-electron chi connectivity index (χ1n) is 6.42. The highest BCUT2D eigenvalue weighted by Gasteiger charge is 2.26. The van der Waals surface area contributed by atoms with Gasteiger partial charge in [0.25, 0.3) is 0 Å². The topological polar surface area (TPSA) is 38.9 Å². The molecule has 1 fully saturated rings. The molecule has 0 spiro atoms. The van der Waals surface area contributed by atoms with Gasteiger partial charge in [-0.3, -0.25) is 4.98 Å². The predicted octanol–water partition coefficient (Wildman–Crippen LogP) is 2.95. The second kappa shape index (κ2) is 5.44. The number of hydrogen-bond acceptors (Lipinski definition) is 2. The van der Waals surface area contributed by atoms with Gasteiger partial charge in [0.2, 0.25) is 0 Å². The van der Waals surface area contributed by atoms with Gasteiger partial charge in [-0.1, -0.05) is 25.8 Å². The quantitative estimate of drug-likeness (QED) is 0.847. The number of hydrogen-bond donors (Lipinski definition) is 1. The van der Waals surface area contributed by atoms with Gasteiger partial charge in [-0.25, -0.2) is 0 Å². The van der Waals surface area contributed by atoms with E-state index in [1.165, 1.54) is 31.4 Å². The maximum Gasteiger partial charge on any atom is 0.0449 e. The molecule has 1 aliphatic rings. The smallest absolute Gasteiger partial charge is 0.0449 e. The molecule has 1 aromatic rings. The van der Waals surface area contributed by atoms with E-state index in [-0.39, 0.29) is 0 Å². The van der Waals surface area contributed by atoms with Gasteiger partial charge < -0.3 is 5.73 Å². The van der Waals surface area contributed by atoms with Crippen LogP contribution in [0.2, 0.25) is 0 Å². The average Bonchev–Trinajstić information content (AvgIpc) is 2.34. The highest BCUT2D eigenvalue weighted by Crippen LogP contribution is 2.36. The Kier molecular flexibility index (Phi) is 3.94. The Labute approximate surface area is 98.3 Å². The molecule has 2 N–H and O–H groups in total. The van der Waals surface area contributed by atoms with Crippen LogP contribution < -0.4 is 5.73 Å². The summed E-state index contributed by atoms with van der Waals surface area (Å²) >= 11 is 0. The number of pyridine rings is 1. The van der Waals surface area contributed by atoms with Crippen LogP contribution in [-0.4, -0.2) is 11.5 Å². The van der Waals surface area contributed by atoms with E-state index in [4.69, 9.17) is 5.73 Å². The molecular weight excluding hydrogens is 196 g/mol. The molecule has 0 saturated heterocycles. The number of aromatic nitrogens is 1. The number of nitrogens with zero attached hydrogens (tertiary/aromatic N) is 1. The van der Waals surface area contributed by atoms with Crippen LogP contribution in [0.4, 0.5) is 0 Å². The summed E-state index contributed by atoms with van der Waals surface area (Å²) in [7, 11) is 0. The fraction of sp³-hybridized carbons (Fsp3) is 0.643. The summed E-state index contributed by atoms with van der Waals surface area (Å²) in [6.45, 7) is 3.09. The molecule has 0 bridgehead atoms. The second-order valence-electron chi connectivity index (χ2n) is 5.12. The van der Waals surface area contributed by atoms with Crippen molar-refractivity contribution in [2.24, 2.45) is 17.6 Å². The van der Waals surface area contributed by atoms with Crippen LogP contribution in [0.1, 0.15) is 44.2 Å². The van der Waals surface area contributed by atoms with Gasteiger partial charge in [-0.15, -0.1) is 0 Å². The van der Waals surface area contributed by atoms with Crippen molar-refractivity contribution in [2.45, 2.75) is 38.5 Å². The zero-order valence-electron chi connectivity index (χ0n) is 10.1. The summed E-state index contributed by atoms with van der Waals surface area (Å²) in [5.41, 5.74) is 7.12. The summed E-state index contributed by atoms with van der Waals surface area (Å²) in [6.07, 6.45) is 7.23. The fourth-order valence-electron chi connectivity index (χ4n) is 2.84. The third-order valence-electron chi connectivity index (χ3n) is 3.95. The van der Waals surface area contributed by atoms with Crippen LogP contribution >= 0.6 is 0 Å². The molecule has 1 atom stereocenters. The van der Waals surface area contributed by atoms with E-state index in [9.17, 15) is 0 Å². The molecule has 0 amide bonds. The molecule has 0 radical (unpaired) electrons. The highest BCUT2D eigenvalue weighted by atomic mass is 14.7. The molecule has 0 aromatic carbocycles. The minimum atomic E-state index is 0.466. The largest absolute Gasteiger partial charge is 0.330 e. The fourth-order valence-corrected chi connectivity index (χ4v) is 2.84. The maximum absolute atomic E-state index is 5.93. The van der Waals surface area contributed by atoms with Gasteiger partial charge in [-0.05, 0) is 36.8 Å². The van der Waals surface area contributed by atoms with Gasteiger partial charge in [0.15, 0.2) is 0 Å². The third kappa shape index (κ3) is 2.62. The third-order valence-corrected chi connectivity index (χ3v) is 3.95. The zero-order valence-corrected chi connectivity index (χ0v) is 10.1. The first kappa shape index (κ1) is 11.6. The molecule has 2 nitrogen and oxygen atoms in total. The molecule has 1 aromatic heterocycles. The van der Waals surface area contributed by atoms with Crippen molar-refractivity contribution >= 4 is 0 Å². The molecule has 1 aliphatic carbocycles. The Balaban J connectivity index is 2.05. The molecule has 88 valence electrons. The molecule has 2 rings (SSSR count). The predicted molar refractivity (Wildman–Crippen MR) is 67.2 cm³/mol. The monoisotopic (exact) mass is 218 g/mol. The Hall–Kier alpha value is -0.890. The number of nitrogens with two attached hydrogens (primary N) is 1. The van der Waals surface area contributed by atoms with Crippen molar-refractivity contribution in [3.63, 3.8) is 0 Å². The Morgan fingerprint density at radius 1 is 1.31 bits per heavy atom. The van der Waals surface area contributed by atoms with Crippen molar-refractivity contribution in [3.05, 3.63) is 30.1 Å². The molecular formula is C14H22N2. The molecule has 1 unspecified atom stereocenters. The van der Waals surface area contributed by atoms with Gasteiger partial charge in [-0.2, -0.15) is 0 Å². The highest BCUT2D eigenvalue weighted by molar-refractivity contribution is 5.11. The lowest BCUT2D eigenvalue weighted by Crippen LogP contribution is -2.26. The minimum Gasteiger partial charge on any atom is -0.330 e. The Morgan fingerprint density at radius 2 is 2.06 bits per heavy atom. The van der Waals surface area contributed by atoms with E-state index in [0.29, 0.717) is 5.92 Å². The SMILES string of the molecule is CC1CCC(C(CN)c2ccccn2)CC1. The molecule has 2 heteroatoms. The molecule has 1 heterocycles. The first-order chi connectivity index (χ1) is 7.81. The Morgan fingerprint density at radius 3 is 2.62 bits per heavy atom. The van der Waals surface area contributed by atoms with Crippen molar-refractivity contribution in [2.75, 3.05) is 6.54 Å². The average molecular weight is 218 g/mol. The van der Waals surface area contributed by atoms with Crippen molar-refractivity contribution in [3.8, 4) is 0 Å². The lowest BCUT2D eigenvalue weighted by Gasteiger charge is -2.31. The minimum absolute atomic E-state index is 0.466. The summed E-state index contributed by atoms with van der Waals surface area (Å²) in [5, 5.41) is 0. The van der Waals surface area contributed by atoms with Gasteiger partial charge in [0.1, 0.15) is 0 Å². The van der Waals surface area contributed by atoms with Gasteiger partial charge in [0, 0.05) is 24.4 Å². The molecule has 16 heavy (non-hydrogen) atoms. The second-order valence-corrected chi connectivity index (χ2v) is 5.12. The number of rotatable bonds is 3.